The van der Waals surface area contributed by atoms with Gasteiger partial charge in [0.1, 0.15) is 5.75 Å². The Kier molecular flexibility index (Phi) is 3.75. The standard InChI is InChI=1S/C9H8BrClO2/c1-13-6-2-3-8(10)7(4-6)9(12)5-11/h2-4H,5H2,1H3. The van der Waals surface area contributed by atoms with Crippen molar-refractivity contribution in [1.82, 2.24) is 0 Å². The van der Waals surface area contributed by atoms with Crippen LogP contribution in [0.1, 0.15) is 10.4 Å². The van der Waals surface area contributed by atoms with E-state index in [0.717, 1.165) is 4.47 Å². The third kappa shape index (κ3) is 2.45. The van der Waals surface area contributed by atoms with Gasteiger partial charge in [-0.05, 0) is 18.2 Å². The summed E-state index contributed by atoms with van der Waals surface area (Å²) < 4.78 is 5.72. The first-order chi connectivity index (χ1) is 6.19. The normalized spacial score (nSPS) is 9.77. The number of benzene rings is 1. The zero-order valence-corrected chi connectivity index (χ0v) is 9.35. The van der Waals surface area contributed by atoms with Gasteiger partial charge in [-0.15, -0.1) is 11.6 Å². The predicted octanol–water partition coefficient (Wildman–Crippen LogP) is 2.88. The second-order valence-corrected chi connectivity index (χ2v) is 3.52. The molecule has 0 spiro atoms. The van der Waals surface area contributed by atoms with Crippen molar-refractivity contribution in [3.8, 4) is 5.75 Å². The number of halogens is 2. The van der Waals surface area contributed by atoms with Gasteiger partial charge in [-0.3, -0.25) is 4.79 Å². The number of ketones is 1. The lowest BCUT2D eigenvalue weighted by atomic mass is 10.1. The number of ether oxygens (including phenoxy) is 1. The number of rotatable bonds is 3. The van der Waals surface area contributed by atoms with Gasteiger partial charge < -0.3 is 4.74 Å². The van der Waals surface area contributed by atoms with E-state index >= 15 is 0 Å². The number of Topliss-reactive ketones (excluding diaryl/α,β-unsaturated/α-hetero) is 1. The second-order valence-electron chi connectivity index (χ2n) is 2.40. The van der Waals surface area contributed by atoms with Crippen LogP contribution in [0.25, 0.3) is 0 Å². The highest BCUT2D eigenvalue weighted by atomic mass is 79.9. The van der Waals surface area contributed by atoms with Gasteiger partial charge in [0.2, 0.25) is 0 Å². The summed E-state index contributed by atoms with van der Waals surface area (Å²) >= 11 is 8.71. The maximum atomic E-state index is 11.3. The van der Waals surface area contributed by atoms with Gasteiger partial charge in [-0.2, -0.15) is 0 Å². The van der Waals surface area contributed by atoms with Crippen molar-refractivity contribution in [1.29, 1.82) is 0 Å². The Bertz CT molecular complexity index is 325. The molecule has 13 heavy (non-hydrogen) atoms. The van der Waals surface area contributed by atoms with Crippen LogP contribution in [0.15, 0.2) is 22.7 Å². The zero-order chi connectivity index (χ0) is 9.84. The molecular formula is C9H8BrClO2. The van der Waals surface area contributed by atoms with Gasteiger partial charge in [-0.25, -0.2) is 0 Å². The van der Waals surface area contributed by atoms with Gasteiger partial charge in [0.05, 0.1) is 13.0 Å². The number of methoxy groups -OCH3 is 1. The molecule has 1 aromatic rings. The minimum absolute atomic E-state index is 0.0221. The van der Waals surface area contributed by atoms with Crippen LogP contribution < -0.4 is 4.74 Å². The van der Waals surface area contributed by atoms with Crippen LogP contribution in [0.4, 0.5) is 0 Å². The average molecular weight is 264 g/mol. The SMILES string of the molecule is COc1ccc(Br)c(C(=O)CCl)c1. The number of carbonyl (C=O) groups excluding carboxylic acids is 1. The molecule has 0 saturated heterocycles. The predicted molar refractivity (Wildman–Crippen MR) is 55.7 cm³/mol. The summed E-state index contributed by atoms with van der Waals surface area (Å²) in [6.07, 6.45) is 0. The summed E-state index contributed by atoms with van der Waals surface area (Å²) in [5.41, 5.74) is 0.550. The van der Waals surface area contributed by atoms with E-state index in [-0.39, 0.29) is 11.7 Å². The Labute approximate surface area is 90.0 Å². The fourth-order valence-electron chi connectivity index (χ4n) is 0.917. The first-order valence-electron chi connectivity index (χ1n) is 3.61. The maximum absolute atomic E-state index is 11.3. The molecule has 0 unspecified atom stereocenters. The van der Waals surface area contributed by atoms with Crippen molar-refractivity contribution in [3.05, 3.63) is 28.2 Å². The number of alkyl halides is 1. The van der Waals surface area contributed by atoms with Crippen LogP contribution in [0.2, 0.25) is 0 Å². The van der Waals surface area contributed by atoms with Crippen molar-refractivity contribution in [3.63, 3.8) is 0 Å². The summed E-state index contributed by atoms with van der Waals surface area (Å²) in [6.45, 7) is 0. The number of hydrogen-bond donors (Lipinski definition) is 0. The molecule has 0 aromatic heterocycles. The van der Waals surface area contributed by atoms with E-state index < -0.39 is 0 Å². The van der Waals surface area contributed by atoms with Gasteiger partial charge in [0, 0.05) is 10.0 Å². The highest BCUT2D eigenvalue weighted by Gasteiger charge is 2.09. The quantitative estimate of drug-likeness (QED) is 0.619. The summed E-state index contributed by atoms with van der Waals surface area (Å²) in [6, 6.07) is 5.20. The minimum atomic E-state index is -0.118. The third-order valence-electron chi connectivity index (χ3n) is 1.60. The van der Waals surface area contributed by atoms with E-state index in [2.05, 4.69) is 15.9 Å². The second kappa shape index (κ2) is 4.63. The Morgan fingerprint density at radius 1 is 1.62 bits per heavy atom. The molecule has 0 aliphatic rings. The topological polar surface area (TPSA) is 26.3 Å². The number of carbonyl (C=O) groups is 1. The molecule has 0 heterocycles. The summed E-state index contributed by atoms with van der Waals surface area (Å²) in [7, 11) is 1.55. The molecule has 70 valence electrons. The first-order valence-corrected chi connectivity index (χ1v) is 4.94. The molecule has 4 heteroatoms. The van der Waals surface area contributed by atoms with Crippen molar-refractivity contribution >= 4 is 33.3 Å². The maximum Gasteiger partial charge on any atom is 0.178 e. The lowest BCUT2D eigenvalue weighted by Crippen LogP contribution is -2.01. The van der Waals surface area contributed by atoms with Crippen molar-refractivity contribution in [2.24, 2.45) is 0 Å². The fourth-order valence-corrected chi connectivity index (χ4v) is 1.53. The van der Waals surface area contributed by atoms with Crippen LogP contribution in [-0.4, -0.2) is 18.8 Å². The molecular weight excluding hydrogens is 255 g/mol. The molecule has 1 aromatic carbocycles. The largest absolute Gasteiger partial charge is 0.497 e. The van der Waals surface area contributed by atoms with E-state index in [1.165, 1.54) is 0 Å². The highest BCUT2D eigenvalue weighted by Crippen LogP contribution is 2.22. The van der Waals surface area contributed by atoms with E-state index in [9.17, 15) is 4.79 Å². The summed E-state index contributed by atoms with van der Waals surface area (Å²) in [5, 5.41) is 0. The molecule has 0 aliphatic carbocycles. The molecule has 2 nitrogen and oxygen atoms in total. The Morgan fingerprint density at radius 3 is 2.85 bits per heavy atom. The summed E-state index contributed by atoms with van der Waals surface area (Å²) in [4.78, 5) is 11.3. The smallest absolute Gasteiger partial charge is 0.178 e. The molecule has 0 atom stereocenters. The van der Waals surface area contributed by atoms with Gasteiger partial charge in [0.25, 0.3) is 0 Å². The van der Waals surface area contributed by atoms with Crippen molar-refractivity contribution < 1.29 is 9.53 Å². The van der Waals surface area contributed by atoms with Crippen LogP contribution in [0, 0.1) is 0 Å². The van der Waals surface area contributed by atoms with Crippen molar-refractivity contribution in [2.75, 3.05) is 13.0 Å². The molecule has 1 rings (SSSR count). The lowest BCUT2D eigenvalue weighted by molar-refractivity contribution is 0.102. The molecule has 0 saturated carbocycles. The Balaban J connectivity index is 3.11. The van der Waals surface area contributed by atoms with Gasteiger partial charge >= 0.3 is 0 Å². The lowest BCUT2D eigenvalue weighted by Gasteiger charge is -2.04. The van der Waals surface area contributed by atoms with Crippen molar-refractivity contribution in [2.45, 2.75) is 0 Å². The van der Waals surface area contributed by atoms with Crippen LogP contribution in [-0.2, 0) is 0 Å². The molecule has 0 amide bonds. The molecule has 0 radical (unpaired) electrons. The van der Waals surface area contributed by atoms with Crippen LogP contribution >= 0.6 is 27.5 Å². The molecule has 0 N–H and O–H groups in total. The van der Waals surface area contributed by atoms with Gasteiger partial charge in [-0.1, -0.05) is 15.9 Å². The highest BCUT2D eigenvalue weighted by molar-refractivity contribution is 9.10. The van der Waals surface area contributed by atoms with Crippen LogP contribution in [0.5, 0.6) is 5.75 Å². The first kappa shape index (κ1) is 10.5. The monoisotopic (exact) mass is 262 g/mol. The van der Waals surface area contributed by atoms with E-state index in [0.29, 0.717) is 11.3 Å². The van der Waals surface area contributed by atoms with Crippen LogP contribution in [0.3, 0.4) is 0 Å². The van der Waals surface area contributed by atoms with E-state index in [1.807, 2.05) is 0 Å². The zero-order valence-electron chi connectivity index (χ0n) is 7.01. The van der Waals surface area contributed by atoms with E-state index in [1.54, 1.807) is 25.3 Å². The van der Waals surface area contributed by atoms with E-state index in [4.69, 9.17) is 16.3 Å². The molecule has 0 aliphatic heterocycles. The Morgan fingerprint density at radius 2 is 2.31 bits per heavy atom. The minimum Gasteiger partial charge on any atom is -0.497 e. The fraction of sp³-hybridized carbons (Fsp3) is 0.222. The summed E-state index contributed by atoms with van der Waals surface area (Å²) in [5.74, 6) is 0.510. The average Bonchev–Trinajstić information content (AvgIpc) is 2.17. The Hall–Kier alpha value is -0.540. The molecule has 0 fully saturated rings. The third-order valence-corrected chi connectivity index (χ3v) is 2.53. The van der Waals surface area contributed by atoms with Gasteiger partial charge in [0.15, 0.2) is 5.78 Å². The number of hydrogen-bond acceptors (Lipinski definition) is 2. The molecule has 0 bridgehead atoms.